The van der Waals surface area contributed by atoms with E-state index in [1.165, 1.54) is 30.8 Å². The minimum atomic E-state index is 0.0290. The minimum Gasteiger partial charge on any atom is -0.353 e. The lowest BCUT2D eigenvalue weighted by atomic mass is 9.74. The molecule has 1 fully saturated rings. The first kappa shape index (κ1) is 13.7. The third-order valence-corrected chi connectivity index (χ3v) is 4.78. The molecule has 0 radical (unpaired) electrons. The zero-order valence-corrected chi connectivity index (χ0v) is 12.2. The van der Waals surface area contributed by atoms with Gasteiger partial charge < -0.3 is 11.1 Å². The zero-order valence-electron chi connectivity index (χ0n) is 11.4. The highest BCUT2D eigenvalue weighted by Crippen LogP contribution is 2.36. The molecule has 1 aliphatic rings. The smallest absolute Gasteiger partial charge is 0.203 e. The van der Waals surface area contributed by atoms with E-state index in [4.69, 9.17) is 5.73 Å². The van der Waals surface area contributed by atoms with Crippen molar-refractivity contribution < 1.29 is 0 Å². The molecule has 0 amide bonds. The number of rotatable bonds is 5. The van der Waals surface area contributed by atoms with Crippen molar-refractivity contribution in [1.82, 2.24) is 9.36 Å². The normalized spacial score (nSPS) is 28.3. The van der Waals surface area contributed by atoms with Crippen LogP contribution in [0.2, 0.25) is 0 Å². The Morgan fingerprint density at radius 1 is 1.50 bits per heavy atom. The molecule has 4 nitrogen and oxygen atoms in total. The molecule has 0 aromatic carbocycles. The van der Waals surface area contributed by atoms with Gasteiger partial charge in [-0.3, -0.25) is 0 Å². The summed E-state index contributed by atoms with van der Waals surface area (Å²) in [5, 5.41) is 4.53. The second-order valence-corrected chi connectivity index (χ2v) is 6.15. The van der Waals surface area contributed by atoms with E-state index in [1.54, 1.807) is 0 Å². The average Bonchev–Trinajstić information content (AvgIpc) is 2.80. The van der Waals surface area contributed by atoms with Gasteiger partial charge in [-0.05, 0) is 25.2 Å². The maximum Gasteiger partial charge on any atom is 0.203 e. The molecule has 2 rings (SSSR count). The quantitative estimate of drug-likeness (QED) is 0.862. The van der Waals surface area contributed by atoms with Crippen LogP contribution in [-0.4, -0.2) is 21.4 Å². The number of aromatic nitrogens is 2. The highest BCUT2D eigenvalue weighted by Gasteiger charge is 2.37. The van der Waals surface area contributed by atoms with Gasteiger partial charge in [-0.15, -0.1) is 0 Å². The van der Waals surface area contributed by atoms with Crippen LogP contribution in [0.4, 0.5) is 5.13 Å². The molecular formula is C13H24N4S. The summed E-state index contributed by atoms with van der Waals surface area (Å²) in [5.74, 6) is 1.57. The molecule has 18 heavy (non-hydrogen) atoms. The van der Waals surface area contributed by atoms with Gasteiger partial charge in [0.1, 0.15) is 5.82 Å². The van der Waals surface area contributed by atoms with E-state index in [-0.39, 0.29) is 5.54 Å². The van der Waals surface area contributed by atoms with Gasteiger partial charge in [-0.1, -0.05) is 26.7 Å². The summed E-state index contributed by atoms with van der Waals surface area (Å²) in [6.45, 7) is 5.13. The molecule has 2 unspecified atom stereocenters. The van der Waals surface area contributed by atoms with Crippen LogP contribution in [-0.2, 0) is 6.42 Å². The van der Waals surface area contributed by atoms with E-state index in [0.717, 1.165) is 30.2 Å². The van der Waals surface area contributed by atoms with Gasteiger partial charge in [0, 0.05) is 24.5 Å². The summed E-state index contributed by atoms with van der Waals surface area (Å²) in [6.07, 6.45) is 7.03. The van der Waals surface area contributed by atoms with E-state index in [0.29, 0.717) is 12.5 Å². The zero-order chi connectivity index (χ0) is 13.0. The van der Waals surface area contributed by atoms with Crippen molar-refractivity contribution in [3.63, 3.8) is 0 Å². The summed E-state index contributed by atoms with van der Waals surface area (Å²) in [7, 11) is 0. The van der Waals surface area contributed by atoms with Crippen LogP contribution < -0.4 is 11.1 Å². The Balaban J connectivity index is 2.08. The van der Waals surface area contributed by atoms with Crippen LogP contribution in [0.3, 0.4) is 0 Å². The van der Waals surface area contributed by atoms with Crippen LogP contribution in [0.5, 0.6) is 0 Å². The highest BCUT2D eigenvalue weighted by molar-refractivity contribution is 7.09. The monoisotopic (exact) mass is 268 g/mol. The highest BCUT2D eigenvalue weighted by atomic mass is 32.1. The predicted molar refractivity (Wildman–Crippen MR) is 76.9 cm³/mol. The Morgan fingerprint density at radius 2 is 2.33 bits per heavy atom. The molecule has 102 valence electrons. The van der Waals surface area contributed by atoms with Gasteiger partial charge in [-0.25, -0.2) is 4.98 Å². The van der Waals surface area contributed by atoms with Gasteiger partial charge in [0.15, 0.2) is 0 Å². The van der Waals surface area contributed by atoms with Crippen LogP contribution in [0.1, 0.15) is 51.8 Å². The molecular weight excluding hydrogens is 244 g/mol. The summed E-state index contributed by atoms with van der Waals surface area (Å²) < 4.78 is 4.39. The molecule has 0 aliphatic heterocycles. The minimum absolute atomic E-state index is 0.0290. The maximum absolute atomic E-state index is 6.04. The standard InChI is InChI=1S/C13H24N4S/c1-3-6-11-15-12(18-17-11)16-13(9-14)8-5-4-7-10(13)2/h10H,3-9,14H2,1-2H3,(H,15,16,17). The number of hydrogen-bond donors (Lipinski definition) is 2. The van der Waals surface area contributed by atoms with Crippen molar-refractivity contribution in [3.8, 4) is 0 Å². The second kappa shape index (κ2) is 5.97. The molecule has 2 atom stereocenters. The predicted octanol–water partition coefficient (Wildman–Crippen LogP) is 2.81. The summed E-state index contributed by atoms with van der Waals surface area (Å²) in [5.41, 5.74) is 6.06. The Kier molecular flexibility index (Phi) is 4.56. The fourth-order valence-corrected chi connectivity index (χ4v) is 3.52. The molecule has 0 saturated heterocycles. The second-order valence-electron chi connectivity index (χ2n) is 5.40. The lowest BCUT2D eigenvalue weighted by molar-refractivity contribution is 0.235. The first-order valence-corrected chi connectivity index (χ1v) is 7.78. The van der Waals surface area contributed by atoms with E-state index in [1.807, 2.05) is 0 Å². The van der Waals surface area contributed by atoms with Crippen LogP contribution in [0.15, 0.2) is 0 Å². The SMILES string of the molecule is CCCc1nsc(NC2(CN)CCCCC2C)n1. The largest absolute Gasteiger partial charge is 0.353 e. The first-order valence-electron chi connectivity index (χ1n) is 7.01. The summed E-state index contributed by atoms with van der Waals surface area (Å²) in [4.78, 5) is 4.56. The van der Waals surface area contributed by atoms with Crippen LogP contribution in [0, 0.1) is 5.92 Å². The van der Waals surface area contributed by atoms with E-state index < -0.39 is 0 Å². The van der Waals surface area contributed by atoms with Crippen molar-refractivity contribution in [1.29, 1.82) is 0 Å². The average molecular weight is 268 g/mol. The Hall–Kier alpha value is -0.680. The number of nitrogens with two attached hydrogens (primary N) is 1. The van der Waals surface area contributed by atoms with Crippen molar-refractivity contribution in [2.24, 2.45) is 11.7 Å². The number of hydrogen-bond acceptors (Lipinski definition) is 5. The van der Waals surface area contributed by atoms with Gasteiger partial charge in [-0.2, -0.15) is 4.37 Å². The van der Waals surface area contributed by atoms with E-state index >= 15 is 0 Å². The van der Waals surface area contributed by atoms with E-state index in [2.05, 4.69) is 28.5 Å². The third kappa shape index (κ3) is 2.83. The Labute approximate surface area is 114 Å². The maximum atomic E-state index is 6.04. The summed E-state index contributed by atoms with van der Waals surface area (Å²) >= 11 is 1.47. The molecule has 1 aromatic heterocycles. The molecule has 3 N–H and O–H groups in total. The molecule has 5 heteroatoms. The summed E-state index contributed by atoms with van der Waals surface area (Å²) in [6, 6.07) is 0. The fourth-order valence-electron chi connectivity index (χ4n) is 2.80. The topological polar surface area (TPSA) is 63.8 Å². The molecule has 1 aromatic rings. The number of nitrogens with one attached hydrogen (secondary N) is 1. The van der Waals surface area contributed by atoms with Gasteiger partial charge in [0.25, 0.3) is 0 Å². The van der Waals surface area contributed by atoms with Crippen molar-refractivity contribution in [2.45, 2.75) is 57.9 Å². The van der Waals surface area contributed by atoms with Gasteiger partial charge in [0.05, 0.1) is 5.54 Å². The molecule has 0 bridgehead atoms. The molecule has 1 saturated carbocycles. The Morgan fingerprint density at radius 3 is 3.00 bits per heavy atom. The van der Waals surface area contributed by atoms with Crippen molar-refractivity contribution >= 4 is 16.7 Å². The number of aryl methyl sites for hydroxylation is 1. The van der Waals surface area contributed by atoms with Crippen LogP contribution in [0.25, 0.3) is 0 Å². The third-order valence-electron chi connectivity index (χ3n) is 4.12. The lowest BCUT2D eigenvalue weighted by Crippen LogP contribution is -2.52. The van der Waals surface area contributed by atoms with Crippen molar-refractivity contribution in [2.75, 3.05) is 11.9 Å². The number of anilines is 1. The lowest BCUT2D eigenvalue weighted by Gasteiger charge is -2.42. The molecule has 1 aliphatic carbocycles. The van der Waals surface area contributed by atoms with Crippen molar-refractivity contribution in [3.05, 3.63) is 5.82 Å². The number of nitrogens with zero attached hydrogens (tertiary/aromatic N) is 2. The van der Waals surface area contributed by atoms with Gasteiger partial charge >= 0.3 is 0 Å². The van der Waals surface area contributed by atoms with Crippen LogP contribution >= 0.6 is 11.5 Å². The molecule has 1 heterocycles. The Bertz CT molecular complexity index is 379. The van der Waals surface area contributed by atoms with Gasteiger partial charge in [0.2, 0.25) is 5.13 Å². The fraction of sp³-hybridized carbons (Fsp3) is 0.846. The first-order chi connectivity index (χ1) is 8.70. The molecule has 0 spiro atoms. The van der Waals surface area contributed by atoms with E-state index in [9.17, 15) is 0 Å².